The Morgan fingerprint density at radius 1 is 1.09 bits per heavy atom. The average Bonchev–Trinajstić information content (AvgIpc) is 3.45. The highest BCUT2D eigenvalue weighted by atomic mass is 32.1. The number of hydrogen-bond acceptors (Lipinski definition) is 6. The molecule has 0 bridgehead atoms. The highest BCUT2D eigenvalue weighted by molar-refractivity contribution is 7.22. The molecular formula is C26H23N5OS. The first-order valence-corrected chi connectivity index (χ1v) is 11.9. The van der Waals surface area contributed by atoms with E-state index in [-0.39, 0.29) is 0 Å². The highest BCUT2D eigenvalue weighted by Gasteiger charge is 2.20. The summed E-state index contributed by atoms with van der Waals surface area (Å²) in [4.78, 5) is 9.26. The summed E-state index contributed by atoms with van der Waals surface area (Å²) in [5.41, 5.74) is 5.61. The summed E-state index contributed by atoms with van der Waals surface area (Å²) in [7, 11) is 1.89. The van der Waals surface area contributed by atoms with E-state index in [0.29, 0.717) is 6.04 Å². The van der Waals surface area contributed by atoms with Crippen LogP contribution in [0, 0.1) is 0 Å². The predicted molar refractivity (Wildman–Crippen MR) is 132 cm³/mol. The number of nitrogens with one attached hydrogen (secondary N) is 1. The summed E-state index contributed by atoms with van der Waals surface area (Å²) in [5, 5.41) is 8.85. The fraction of sp³-hybridized carbons (Fsp3) is 0.192. The zero-order valence-corrected chi connectivity index (χ0v) is 19.0. The molecule has 0 fully saturated rings. The molecular weight excluding hydrogens is 430 g/mol. The van der Waals surface area contributed by atoms with Crippen LogP contribution in [0.1, 0.15) is 30.0 Å². The Balaban J connectivity index is 1.22. The van der Waals surface area contributed by atoms with Crippen molar-refractivity contribution in [2.45, 2.75) is 25.3 Å². The van der Waals surface area contributed by atoms with Crippen LogP contribution in [0.15, 0.2) is 73.2 Å². The smallest absolute Gasteiger partial charge is 0.184 e. The molecule has 1 atom stereocenters. The number of anilines is 1. The monoisotopic (exact) mass is 453 g/mol. The van der Waals surface area contributed by atoms with Crippen molar-refractivity contribution in [3.63, 3.8) is 0 Å². The van der Waals surface area contributed by atoms with Gasteiger partial charge in [0.2, 0.25) is 0 Å². The summed E-state index contributed by atoms with van der Waals surface area (Å²) in [5.74, 6) is 1.52. The van der Waals surface area contributed by atoms with Crippen molar-refractivity contribution in [3.8, 4) is 22.8 Å². The number of rotatable bonds is 5. The van der Waals surface area contributed by atoms with Crippen LogP contribution in [0.5, 0.6) is 11.5 Å². The van der Waals surface area contributed by atoms with Gasteiger partial charge >= 0.3 is 0 Å². The Bertz CT molecular complexity index is 1440. The van der Waals surface area contributed by atoms with Gasteiger partial charge < -0.3 is 10.1 Å². The summed E-state index contributed by atoms with van der Waals surface area (Å²) in [6.07, 6.45) is 8.98. The Kier molecular flexibility index (Phi) is 5.03. The summed E-state index contributed by atoms with van der Waals surface area (Å²) in [6.45, 7) is 0. The van der Waals surface area contributed by atoms with Crippen molar-refractivity contribution in [2.24, 2.45) is 7.05 Å². The Hall–Kier alpha value is -3.71. The molecule has 1 aliphatic rings. The maximum Gasteiger partial charge on any atom is 0.184 e. The van der Waals surface area contributed by atoms with Crippen molar-refractivity contribution >= 4 is 26.7 Å². The van der Waals surface area contributed by atoms with E-state index in [2.05, 4.69) is 45.7 Å². The second-order valence-corrected chi connectivity index (χ2v) is 9.35. The van der Waals surface area contributed by atoms with Gasteiger partial charge in [0, 0.05) is 37.1 Å². The number of ether oxygens (including phenoxy) is 1. The number of nitrogens with zero attached hydrogens (tertiary/aromatic N) is 4. The highest BCUT2D eigenvalue weighted by Crippen LogP contribution is 2.36. The third-order valence-electron chi connectivity index (χ3n) is 5.99. The van der Waals surface area contributed by atoms with Gasteiger partial charge in [-0.1, -0.05) is 35.6 Å². The van der Waals surface area contributed by atoms with Gasteiger partial charge in [0.05, 0.1) is 28.1 Å². The van der Waals surface area contributed by atoms with Crippen LogP contribution in [-0.2, 0) is 13.5 Å². The number of thiazole rings is 1. The minimum atomic E-state index is 0.314. The first-order valence-electron chi connectivity index (χ1n) is 11.1. The van der Waals surface area contributed by atoms with E-state index in [0.717, 1.165) is 50.9 Å². The van der Waals surface area contributed by atoms with Gasteiger partial charge in [0.15, 0.2) is 5.13 Å². The second kappa shape index (κ2) is 8.33. The average molecular weight is 454 g/mol. The molecule has 2 aromatic carbocycles. The van der Waals surface area contributed by atoms with Gasteiger partial charge in [-0.15, -0.1) is 0 Å². The molecule has 0 spiro atoms. The lowest BCUT2D eigenvalue weighted by atomic mass is 9.88. The molecule has 6 rings (SSSR count). The largest absolute Gasteiger partial charge is 0.457 e. The van der Waals surface area contributed by atoms with Crippen LogP contribution >= 0.6 is 11.3 Å². The van der Waals surface area contributed by atoms with Gasteiger partial charge in [-0.3, -0.25) is 9.67 Å². The predicted octanol–water partition coefficient (Wildman–Crippen LogP) is 6.37. The van der Waals surface area contributed by atoms with E-state index >= 15 is 0 Å². The number of fused-ring (bicyclic) bond motifs is 2. The molecule has 6 nitrogen and oxygen atoms in total. The molecule has 164 valence electrons. The van der Waals surface area contributed by atoms with Gasteiger partial charge in [-0.2, -0.15) is 5.10 Å². The quantitative estimate of drug-likeness (QED) is 0.335. The van der Waals surface area contributed by atoms with Crippen molar-refractivity contribution in [1.29, 1.82) is 0 Å². The van der Waals surface area contributed by atoms with E-state index in [1.54, 1.807) is 28.4 Å². The number of pyridine rings is 1. The van der Waals surface area contributed by atoms with Crippen LogP contribution in [0.25, 0.3) is 21.5 Å². The maximum absolute atomic E-state index is 6.15. The summed E-state index contributed by atoms with van der Waals surface area (Å²) in [6, 6.07) is 18.9. The van der Waals surface area contributed by atoms with Crippen molar-refractivity contribution in [3.05, 3.63) is 84.3 Å². The van der Waals surface area contributed by atoms with Gasteiger partial charge in [0.25, 0.3) is 0 Å². The molecule has 33 heavy (non-hydrogen) atoms. The molecule has 0 amide bonds. The molecule has 7 heteroatoms. The fourth-order valence-electron chi connectivity index (χ4n) is 4.41. The van der Waals surface area contributed by atoms with Gasteiger partial charge in [-0.25, -0.2) is 4.98 Å². The van der Waals surface area contributed by atoms with E-state index in [1.165, 1.54) is 17.5 Å². The minimum Gasteiger partial charge on any atom is -0.457 e. The van der Waals surface area contributed by atoms with Crippen molar-refractivity contribution in [2.75, 3.05) is 5.32 Å². The van der Waals surface area contributed by atoms with E-state index in [9.17, 15) is 0 Å². The van der Waals surface area contributed by atoms with E-state index in [4.69, 9.17) is 9.72 Å². The standard InChI is InChI=1S/C26H23N5OS/c1-31-16-18(15-28-31)24-13-20(11-12-27-24)32-19-9-10-23-25(14-19)33-26(30-23)29-22-8-4-6-17-5-2-3-7-21(17)22/h2-3,5,7,9-16,22H,4,6,8H2,1H3,(H,29,30)/t22-/m0/s1. The van der Waals surface area contributed by atoms with Crippen LogP contribution < -0.4 is 10.1 Å². The second-order valence-electron chi connectivity index (χ2n) is 8.32. The third kappa shape index (κ3) is 4.07. The van der Waals surface area contributed by atoms with Gasteiger partial charge in [0.1, 0.15) is 11.5 Å². The first kappa shape index (κ1) is 19.9. The molecule has 0 saturated carbocycles. The van der Waals surface area contributed by atoms with Crippen molar-refractivity contribution < 1.29 is 4.74 Å². The number of aromatic nitrogens is 4. The fourth-order valence-corrected chi connectivity index (χ4v) is 5.35. The lowest BCUT2D eigenvalue weighted by molar-refractivity contribution is 0.483. The zero-order chi connectivity index (χ0) is 22.2. The lowest BCUT2D eigenvalue weighted by Gasteiger charge is -2.26. The van der Waals surface area contributed by atoms with Crippen molar-refractivity contribution in [1.82, 2.24) is 19.7 Å². The number of hydrogen-bond donors (Lipinski definition) is 1. The third-order valence-corrected chi connectivity index (χ3v) is 6.94. The summed E-state index contributed by atoms with van der Waals surface area (Å²) < 4.78 is 9.01. The molecule has 0 saturated heterocycles. The molecule has 0 unspecified atom stereocenters. The first-order chi connectivity index (χ1) is 16.2. The molecule has 5 aromatic rings. The van der Waals surface area contributed by atoms with Gasteiger partial charge in [-0.05, 0) is 48.6 Å². The van der Waals surface area contributed by atoms with E-state index in [1.807, 2.05) is 37.5 Å². The van der Waals surface area contributed by atoms with Crippen LogP contribution in [-0.4, -0.2) is 19.7 Å². The van der Waals surface area contributed by atoms with E-state index < -0.39 is 0 Å². The maximum atomic E-state index is 6.15. The van der Waals surface area contributed by atoms with Crippen LogP contribution in [0.4, 0.5) is 5.13 Å². The minimum absolute atomic E-state index is 0.314. The Labute approximate surface area is 195 Å². The molecule has 1 N–H and O–H groups in total. The normalized spacial score (nSPS) is 15.4. The van der Waals surface area contributed by atoms with Crippen LogP contribution in [0.2, 0.25) is 0 Å². The lowest BCUT2D eigenvalue weighted by Crippen LogP contribution is -2.17. The molecule has 3 aromatic heterocycles. The molecule has 0 radical (unpaired) electrons. The zero-order valence-electron chi connectivity index (χ0n) is 18.2. The SMILES string of the molecule is Cn1cc(-c2cc(Oc3ccc4nc(N[C@H]5CCCc6ccccc65)sc4c3)ccn2)cn1. The molecule has 3 heterocycles. The number of benzene rings is 2. The molecule has 0 aliphatic heterocycles. The van der Waals surface area contributed by atoms with Crippen LogP contribution in [0.3, 0.4) is 0 Å². The topological polar surface area (TPSA) is 64.9 Å². The number of aryl methyl sites for hydroxylation is 2. The summed E-state index contributed by atoms with van der Waals surface area (Å²) >= 11 is 1.67. The Morgan fingerprint density at radius 3 is 2.91 bits per heavy atom. The Morgan fingerprint density at radius 2 is 2.00 bits per heavy atom. The molecule has 1 aliphatic carbocycles.